The predicted octanol–water partition coefficient (Wildman–Crippen LogP) is 3.62. The molecule has 0 fully saturated rings. The third-order valence-corrected chi connectivity index (χ3v) is 5.03. The first-order valence-corrected chi connectivity index (χ1v) is 8.84. The Morgan fingerprint density at radius 2 is 1.64 bits per heavy atom. The Kier molecular flexibility index (Phi) is 5.69. The fourth-order valence-corrected chi connectivity index (χ4v) is 3.26. The number of methoxy groups -OCH3 is 1. The lowest BCUT2D eigenvalue weighted by molar-refractivity contribution is 0.414. The van der Waals surface area contributed by atoms with E-state index >= 15 is 0 Å². The van der Waals surface area contributed by atoms with Crippen LogP contribution in [0, 0.1) is 0 Å². The van der Waals surface area contributed by atoms with E-state index in [1.807, 2.05) is 0 Å². The molecule has 2 aromatic rings. The average molecular weight is 360 g/mol. The Bertz CT molecular complexity index is 746. The van der Waals surface area contributed by atoms with Crippen molar-refractivity contribution in [2.45, 2.75) is 12.3 Å². The molecule has 1 N–H and O–H groups in total. The molecule has 0 spiro atoms. The molecule has 0 aliphatic rings. The topological polar surface area (TPSA) is 55.4 Å². The average Bonchev–Trinajstić information content (AvgIpc) is 2.49. The first-order chi connectivity index (χ1) is 10.4. The number of benzene rings is 2. The van der Waals surface area contributed by atoms with Crippen LogP contribution in [0.2, 0.25) is 10.0 Å². The first kappa shape index (κ1) is 17.1. The van der Waals surface area contributed by atoms with Crippen LogP contribution in [0.1, 0.15) is 11.1 Å². The van der Waals surface area contributed by atoms with E-state index in [1.54, 1.807) is 49.6 Å². The molecule has 0 saturated carbocycles. The molecule has 0 atom stereocenters. The molecule has 0 radical (unpaired) electrons. The molecule has 0 heterocycles. The molecule has 7 heteroatoms. The molecule has 0 bridgehead atoms. The van der Waals surface area contributed by atoms with Crippen LogP contribution in [0.5, 0.6) is 5.75 Å². The van der Waals surface area contributed by atoms with Gasteiger partial charge < -0.3 is 4.74 Å². The Morgan fingerprint density at radius 3 is 2.23 bits per heavy atom. The Hall–Kier alpha value is -1.27. The van der Waals surface area contributed by atoms with Gasteiger partial charge in [-0.05, 0) is 35.4 Å². The minimum absolute atomic E-state index is 0.153. The van der Waals surface area contributed by atoms with Gasteiger partial charge >= 0.3 is 0 Å². The molecule has 0 unspecified atom stereocenters. The Balaban J connectivity index is 1.99. The van der Waals surface area contributed by atoms with Gasteiger partial charge in [0.05, 0.1) is 22.9 Å². The van der Waals surface area contributed by atoms with Gasteiger partial charge in [-0.2, -0.15) is 0 Å². The first-order valence-electron chi connectivity index (χ1n) is 6.44. The summed E-state index contributed by atoms with van der Waals surface area (Å²) in [5.41, 5.74) is 1.43. The van der Waals surface area contributed by atoms with E-state index in [0.717, 1.165) is 11.3 Å². The van der Waals surface area contributed by atoms with Crippen molar-refractivity contribution < 1.29 is 13.2 Å². The maximum Gasteiger partial charge on any atom is 0.216 e. The van der Waals surface area contributed by atoms with Crippen LogP contribution in [-0.4, -0.2) is 15.5 Å². The second kappa shape index (κ2) is 7.33. The summed E-state index contributed by atoms with van der Waals surface area (Å²) < 4.78 is 31.8. The highest BCUT2D eigenvalue weighted by atomic mass is 35.5. The van der Waals surface area contributed by atoms with E-state index in [2.05, 4.69) is 4.72 Å². The summed E-state index contributed by atoms with van der Waals surface area (Å²) >= 11 is 11.7. The Labute approximate surface area is 140 Å². The van der Waals surface area contributed by atoms with Crippen molar-refractivity contribution in [2.24, 2.45) is 0 Å². The zero-order chi connectivity index (χ0) is 16.2. The summed E-state index contributed by atoms with van der Waals surface area (Å²) in [6.07, 6.45) is 0. The molecule has 22 heavy (non-hydrogen) atoms. The van der Waals surface area contributed by atoms with Gasteiger partial charge in [0, 0.05) is 6.54 Å². The number of sulfonamides is 1. The molecule has 0 amide bonds. The summed E-state index contributed by atoms with van der Waals surface area (Å²) in [6.45, 7) is 0.216. The maximum atomic E-state index is 12.1. The van der Waals surface area contributed by atoms with Gasteiger partial charge in [-0.3, -0.25) is 0 Å². The summed E-state index contributed by atoms with van der Waals surface area (Å²) in [5, 5.41) is 0.735. The minimum Gasteiger partial charge on any atom is -0.497 e. The van der Waals surface area contributed by atoms with E-state index in [-0.39, 0.29) is 12.3 Å². The predicted molar refractivity (Wildman–Crippen MR) is 88.9 cm³/mol. The van der Waals surface area contributed by atoms with Crippen LogP contribution in [0.25, 0.3) is 0 Å². The van der Waals surface area contributed by atoms with Gasteiger partial charge in [0.25, 0.3) is 0 Å². The van der Waals surface area contributed by atoms with E-state index in [0.29, 0.717) is 15.6 Å². The SMILES string of the molecule is COc1ccc(CNS(=O)(=O)Cc2ccc(Cl)c(Cl)c2)cc1. The van der Waals surface area contributed by atoms with E-state index in [4.69, 9.17) is 27.9 Å². The standard InChI is InChI=1S/C15H15Cl2NO3S/c1-21-13-5-2-11(3-6-13)9-18-22(19,20)10-12-4-7-14(16)15(17)8-12/h2-8,18H,9-10H2,1H3. The van der Waals surface area contributed by atoms with Crippen molar-refractivity contribution in [1.82, 2.24) is 4.72 Å². The highest BCUT2D eigenvalue weighted by Crippen LogP contribution is 2.23. The molecule has 0 saturated heterocycles. The minimum atomic E-state index is -3.46. The van der Waals surface area contributed by atoms with Gasteiger partial charge in [-0.25, -0.2) is 13.1 Å². The second-order valence-corrected chi connectivity index (χ2v) is 7.30. The van der Waals surface area contributed by atoms with Crippen LogP contribution in [0.4, 0.5) is 0 Å². The van der Waals surface area contributed by atoms with Crippen molar-refractivity contribution >= 4 is 33.2 Å². The lowest BCUT2D eigenvalue weighted by Gasteiger charge is -2.08. The van der Waals surface area contributed by atoms with Crippen molar-refractivity contribution in [3.63, 3.8) is 0 Å². The smallest absolute Gasteiger partial charge is 0.216 e. The lowest BCUT2D eigenvalue weighted by atomic mass is 10.2. The fraction of sp³-hybridized carbons (Fsp3) is 0.200. The molecule has 0 aliphatic carbocycles. The number of nitrogens with one attached hydrogen (secondary N) is 1. The summed E-state index contributed by atoms with van der Waals surface area (Å²) in [6, 6.07) is 11.9. The van der Waals surface area contributed by atoms with Crippen LogP contribution in [0.3, 0.4) is 0 Å². The van der Waals surface area contributed by atoms with Gasteiger partial charge in [0.15, 0.2) is 0 Å². The summed E-state index contributed by atoms with van der Waals surface area (Å²) in [4.78, 5) is 0. The van der Waals surface area contributed by atoms with Gasteiger partial charge in [0.1, 0.15) is 5.75 Å². The van der Waals surface area contributed by atoms with Crippen LogP contribution in [-0.2, 0) is 22.3 Å². The molecule has 2 rings (SSSR count). The van der Waals surface area contributed by atoms with Gasteiger partial charge in [-0.1, -0.05) is 41.4 Å². The molecular weight excluding hydrogens is 345 g/mol. The largest absolute Gasteiger partial charge is 0.497 e. The van der Waals surface area contributed by atoms with Gasteiger partial charge in [0.2, 0.25) is 10.0 Å². The fourth-order valence-electron chi connectivity index (χ4n) is 1.84. The lowest BCUT2D eigenvalue weighted by Crippen LogP contribution is -2.24. The molecule has 0 aromatic heterocycles. The third kappa shape index (κ3) is 4.88. The maximum absolute atomic E-state index is 12.1. The van der Waals surface area contributed by atoms with E-state index < -0.39 is 10.0 Å². The quantitative estimate of drug-likeness (QED) is 0.856. The highest BCUT2D eigenvalue weighted by molar-refractivity contribution is 7.88. The molecule has 0 aliphatic heterocycles. The van der Waals surface area contributed by atoms with Gasteiger partial charge in [-0.15, -0.1) is 0 Å². The highest BCUT2D eigenvalue weighted by Gasteiger charge is 2.12. The number of halogens is 2. The molecular formula is C15H15Cl2NO3S. The third-order valence-electron chi connectivity index (χ3n) is 3.00. The van der Waals surface area contributed by atoms with Crippen LogP contribution in [0.15, 0.2) is 42.5 Å². The van der Waals surface area contributed by atoms with Crippen molar-refractivity contribution in [3.8, 4) is 5.75 Å². The monoisotopic (exact) mass is 359 g/mol. The van der Waals surface area contributed by atoms with Crippen molar-refractivity contribution in [1.29, 1.82) is 0 Å². The number of hydrogen-bond donors (Lipinski definition) is 1. The summed E-state index contributed by atoms with van der Waals surface area (Å²) in [7, 11) is -1.88. The van der Waals surface area contributed by atoms with Crippen LogP contribution >= 0.6 is 23.2 Å². The molecule has 118 valence electrons. The second-order valence-electron chi connectivity index (χ2n) is 4.68. The van der Waals surface area contributed by atoms with Crippen LogP contribution < -0.4 is 9.46 Å². The summed E-state index contributed by atoms with van der Waals surface area (Å²) in [5.74, 6) is 0.572. The number of hydrogen-bond acceptors (Lipinski definition) is 3. The zero-order valence-electron chi connectivity index (χ0n) is 11.8. The Morgan fingerprint density at radius 1 is 1.00 bits per heavy atom. The normalized spacial score (nSPS) is 11.4. The molecule has 2 aromatic carbocycles. The number of rotatable bonds is 6. The van der Waals surface area contributed by atoms with Crippen molar-refractivity contribution in [2.75, 3.05) is 7.11 Å². The number of ether oxygens (including phenoxy) is 1. The van der Waals surface area contributed by atoms with Crippen molar-refractivity contribution in [3.05, 3.63) is 63.6 Å². The zero-order valence-corrected chi connectivity index (χ0v) is 14.2. The van der Waals surface area contributed by atoms with E-state index in [9.17, 15) is 8.42 Å². The molecule has 4 nitrogen and oxygen atoms in total. The van der Waals surface area contributed by atoms with E-state index in [1.165, 1.54) is 0 Å².